The fourth-order valence-corrected chi connectivity index (χ4v) is 2.24. The molecule has 2 heterocycles. The first-order valence-corrected chi connectivity index (χ1v) is 6.24. The molecule has 18 heavy (non-hydrogen) atoms. The van der Waals surface area contributed by atoms with E-state index in [2.05, 4.69) is 5.10 Å². The molecule has 100 valence electrons. The number of aryl methyl sites for hydroxylation is 1. The first-order chi connectivity index (χ1) is 8.59. The average Bonchev–Trinajstić information content (AvgIpc) is 2.69. The summed E-state index contributed by atoms with van der Waals surface area (Å²) in [4.78, 5) is 13.9. The van der Waals surface area contributed by atoms with Gasteiger partial charge in [-0.25, -0.2) is 0 Å². The molecule has 0 saturated carbocycles. The molecule has 1 aliphatic heterocycles. The van der Waals surface area contributed by atoms with E-state index in [1.165, 1.54) is 17.3 Å². The van der Waals surface area contributed by atoms with Crippen molar-refractivity contribution in [3.05, 3.63) is 11.9 Å². The van der Waals surface area contributed by atoms with Gasteiger partial charge in [-0.1, -0.05) is 0 Å². The van der Waals surface area contributed by atoms with Gasteiger partial charge in [0.1, 0.15) is 5.69 Å². The van der Waals surface area contributed by atoms with Gasteiger partial charge in [0.15, 0.2) is 0 Å². The van der Waals surface area contributed by atoms with Crippen molar-refractivity contribution in [3.8, 4) is 0 Å². The molecule has 1 aliphatic rings. The molecular formula is C12H20N4O2. The highest BCUT2D eigenvalue weighted by Gasteiger charge is 2.23. The van der Waals surface area contributed by atoms with E-state index in [0.717, 1.165) is 19.4 Å². The van der Waals surface area contributed by atoms with Crippen LogP contribution in [0, 0.1) is 0 Å². The van der Waals surface area contributed by atoms with Crippen molar-refractivity contribution in [2.75, 3.05) is 25.9 Å². The molecule has 2 rings (SSSR count). The Morgan fingerprint density at radius 3 is 3.00 bits per heavy atom. The number of hydrogen-bond acceptors (Lipinski definition) is 4. The van der Waals surface area contributed by atoms with Crippen LogP contribution in [-0.4, -0.2) is 46.9 Å². The Labute approximate surface area is 107 Å². The van der Waals surface area contributed by atoms with Crippen LogP contribution < -0.4 is 5.73 Å². The quantitative estimate of drug-likeness (QED) is 0.857. The van der Waals surface area contributed by atoms with E-state index in [-0.39, 0.29) is 12.0 Å². The molecule has 1 saturated heterocycles. The van der Waals surface area contributed by atoms with Crippen molar-refractivity contribution in [1.82, 2.24) is 14.7 Å². The number of aromatic nitrogens is 2. The van der Waals surface area contributed by atoms with Crippen molar-refractivity contribution < 1.29 is 9.53 Å². The minimum absolute atomic E-state index is 0.110. The van der Waals surface area contributed by atoms with Gasteiger partial charge >= 0.3 is 0 Å². The second kappa shape index (κ2) is 5.39. The molecule has 0 aliphatic carbocycles. The van der Waals surface area contributed by atoms with Crippen LogP contribution in [0.4, 0.5) is 5.69 Å². The summed E-state index contributed by atoms with van der Waals surface area (Å²) < 4.78 is 7.14. The van der Waals surface area contributed by atoms with Crippen LogP contribution in [0.25, 0.3) is 0 Å². The minimum Gasteiger partial charge on any atom is -0.396 e. The third-order valence-electron chi connectivity index (χ3n) is 3.27. The molecule has 2 N–H and O–H groups in total. The summed E-state index contributed by atoms with van der Waals surface area (Å²) in [5.41, 5.74) is 6.61. The van der Waals surface area contributed by atoms with Crippen molar-refractivity contribution in [1.29, 1.82) is 0 Å². The summed E-state index contributed by atoms with van der Waals surface area (Å²) in [5, 5.41) is 3.98. The Hall–Kier alpha value is -1.56. The lowest BCUT2D eigenvalue weighted by atomic mass is 10.1. The van der Waals surface area contributed by atoms with Gasteiger partial charge in [0.2, 0.25) is 0 Å². The molecule has 1 fully saturated rings. The molecule has 1 amide bonds. The molecule has 0 spiro atoms. The minimum atomic E-state index is -0.110. The number of carbonyl (C=O) groups excluding carboxylic acids is 1. The van der Waals surface area contributed by atoms with Crippen molar-refractivity contribution in [3.63, 3.8) is 0 Å². The van der Waals surface area contributed by atoms with Crippen LogP contribution in [0.3, 0.4) is 0 Å². The zero-order valence-corrected chi connectivity index (χ0v) is 10.9. The summed E-state index contributed by atoms with van der Waals surface area (Å²) >= 11 is 0. The zero-order chi connectivity index (χ0) is 13.1. The van der Waals surface area contributed by atoms with Gasteiger partial charge in [-0.05, 0) is 19.3 Å². The normalized spacial score (nSPS) is 19.8. The predicted octanol–water partition coefficient (Wildman–Crippen LogP) is 0.643. The van der Waals surface area contributed by atoms with Crippen LogP contribution in [0.1, 0.15) is 29.8 Å². The van der Waals surface area contributed by atoms with E-state index in [1.807, 2.05) is 0 Å². The molecule has 1 atom stereocenters. The second-order valence-electron chi connectivity index (χ2n) is 4.75. The number of hydrogen-bond donors (Lipinski definition) is 1. The Balaban J connectivity index is 2.00. The lowest BCUT2D eigenvalue weighted by Gasteiger charge is -2.27. The predicted molar refractivity (Wildman–Crippen MR) is 68.2 cm³/mol. The lowest BCUT2D eigenvalue weighted by Crippen LogP contribution is -2.38. The molecular weight excluding hydrogens is 232 g/mol. The fraction of sp³-hybridized carbons (Fsp3) is 0.667. The van der Waals surface area contributed by atoms with Gasteiger partial charge in [-0.15, -0.1) is 0 Å². The summed E-state index contributed by atoms with van der Waals surface area (Å²) in [6, 6.07) is 0. The molecule has 6 nitrogen and oxygen atoms in total. The van der Waals surface area contributed by atoms with E-state index in [9.17, 15) is 4.79 Å². The van der Waals surface area contributed by atoms with E-state index in [0.29, 0.717) is 17.9 Å². The van der Waals surface area contributed by atoms with Crippen molar-refractivity contribution in [2.24, 2.45) is 7.05 Å². The highest BCUT2D eigenvalue weighted by Crippen LogP contribution is 2.16. The lowest BCUT2D eigenvalue weighted by molar-refractivity contribution is -0.000361. The fourth-order valence-electron chi connectivity index (χ4n) is 2.24. The van der Waals surface area contributed by atoms with Gasteiger partial charge < -0.3 is 15.4 Å². The number of amides is 1. The Kier molecular flexibility index (Phi) is 3.86. The summed E-state index contributed by atoms with van der Waals surface area (Å²) in [7, 11) is 3.49. The van der Waals surface area contributed by atoms with Gasteiger partial charge in [-0.3, -0.25) is 9.48 Å². The molecule has 0 radical (unpaired) electrons. The molecule has 1 aromatic heterocycles. The van der Waals surface area contributed by atoms with E-state index in [4.69, 9.17) is 10.5 Å². The highest BCUT2D eigenvalue weighted by molar-refractivity contribution is 5.97. The molecule has 1 aromatic rings. The van der Waals surface area contributed by atoms with Gasteiger partial charge in [0.25, 0.3) is 5.91 Å². The van der Waals surface area contributed by atoms with Gasteiger partial charge in [0.05, 0.1) is 18.0 Å². The largest absolute Gasteiger partial charge is 0.396 e. The SMILES string of the molecule is CN(CC1CCCCO1)C(=O)c1c(N)cnn1C. The third-order valence-corrected chi connectivity index (χ3v) is 3.27. The number of anilines is 1. The summed E-state index contributed by atoms with van der Waals surface area (Å²) in [5.74, 6) is -0.110. The second-order valence-corrected chi connectivity index (χ2v) is 4.75. The van der Waals surface area contributed by atoms with Crippen LogP contribution in [0.5, 0.6) is 0 Å². The number of nitrogen functional groups attached to an aromatic ring is 1. The summed E-state index contributed by atoms with van der Waals surface area (Å²) in [6.45, 7) is 1.39. The van der Waals surface area contributed by atoms with Crippen LogP contribution >= 0.6 is 0 Å². The number of nitrogens with two attached hydrogens (primary N) is 1. The molecule has 0 bridgehead atoms. The standard InChI is InChI=1S/C12H20N4O2/c1-15(8-9-5-3-4-6-18-9)12(17)11-10(13)7-14-16(11)2/h7,9H,3-6,8,13H2,1-2H3. The van der Waals surface area contributed by atoms with Gasteiger partial charge in [-0.2, -0.15) is 5.10 Å². The molecule has 1 unspecified atom stereocenters. The van der Waals surface area contributed by atoms with Crippen LogP contribution in [-0.2, 0) is 11.8 Å². The summed E-state index contributed by atoms with van der Waals surface area (Å²) in [6.07, 6.45) is 4.93. The average molecular weight is 252 g/mol. The monoisotopic (exact) mass is 252 g/mol. The number of likely N-dealkylation sites (N-methyl/N-ethyl adjacent to an activating group) is 1. The highest BCUT2D eigenvalue weighted by atomic mass is 16.5. The number of ether oxygens (including phenoxy) is 1. The Bertz CT molecular complexity index is 404. The van der Waals surface area contributed by atoms with Crippen molar-refractivity contribution >= 4 is 11.6 Å². The van der Waals surface area contributed by atoms with E-state index >= 15 is 0 Å². The van der Waals surface area contributed by atoms with Crippen LogP contribution in [0.15, 0.2) is 6.20 Å². The number of nitrogens with zero attached hydrogens (tertiary/aromatic N) is 3. The first-order valence-electron chi connectivity index (χ1n) is 6.24. The zero-order valence-electron chi connectivity index (χ0n) is 10.9. The maximum absolute atomic E-state index is 12.3. The maximum Gasteiger partial charge on any atom is 0.274 e. The molecule has 6 heteroatoms. The topological polar surface area (TPSA) is 73.4 Å². The Morgan fingerprint density at radius 1 is 1.67 bits per heavy atom. The van der Waals surface area contributed by atoms with Gasteiger partial charge in [0, 0.05) is 27.2 Å². The first kappa shape index (κ1) is 12.9. The number of carbonyl (C=O) groups is 1. The molecule has 0 aromatic carbocycles. The smallest absolute Gasteiger partial charge is 0.274 e. The maximum atomic E-state index is 12.3. The Morgan fingerprint density at radius 2 is 2.44 bits per heavy atom. The third kappa shape index (κ3) is 2.64. The number of rotatable bonds is 3. The van der Waals surface area contributed by atoms with E-state index < -0.39 is 0 Å². The van der Waals surface area contributed by atoms with E-state index in [1.54, 1.807) is 19.0 Å². The van der Waals surface area contributed by atoms with Crippen molar-refractivity contribution in [2.45, 2.75) is 25.4 Å². The van der Waals surface area contributed by atoms with Crippen LogP contribution in [0.2, 0.25) is 0 Å².